The van der Waals surface area contributed by atoms with Gasteiger partial charge in [-0.15, -0.1) is 11.8 Å². The highest BCUT2D eigenvalue weighted by atomic mass is 35.5. The smallest absolute Gasteiger partial charge is 0.237 e. The minimum atomic E-state index is -0.165. The van der Waals surface area contributed by atoms with Gasteiger partial charge in [0, 0.05) is 23.0 Å². The third-order valence-electron chi connectivity index (χ3n) is 3.82. The molecule has 1 aliphatic rings. The molecule has 124 valence electrons. The van der Waals surface area contributed by atoms with Crippen LogP contribution in [0.5, 0.6) is 0 Å². The van der Waals surface area contributed by atoms with Gasteiger partial charge in [-0.3, -0.25) is 4.79 Å². The number of halogens is 1. The van der Waals surface area contributed by atoms with E-state index in [9.17, 15) is 4.79 Å². The number of likely N-dealkylation sites (N-methyl/N-ethyl adjacent to an activating group) is 1. The van der Waals surface area contributed by atoms with Crippen molar-refractivity contribution in [2.45, 2.75) is 10.1 Å². The second-order valence-electron chi connectivity index (χ2n) is 5.93. The summed E-state index contributed by atoms with van der Waals surface area (Å²) in [4.78, 5) is 17.8. The summed E-state index contributed by atoms with van der Waals surface area (Å²) in [5.41, 5.74) is 1.94. The molecule has 1 atom stereocenters. The van der Waals surface area contributed by atoms with Crippen LogP contribution in [0.25, 0.3) is 0 Å². The van der Waals surface area contributed by atoms with Gasteiger partial charge in [0.15, 0.2) is 0 Å². The van der Waals surface area contributed by atoms with Crippen molar-refractivity contribution in [2.75, 3.05) is 32.1 Å². The number of fused-ring (bicyclic) bond motifs is 1. The first-order chi connectivity index (χ1) is 11.5. The molecular weight excluding hydrogens is 340 g/mol. The number of benzene rings is 2. The molecular formula is C19H19ClN2OS. The number of nitrogens with zero attached hydrogens (tertiary/aromatic N) is 2. The van der Waals surface area contributed by atoms with Crippen LogP contribution in [0.2, 0.25) is 5.02 Å². The normalized spacial score (nSPS) is 17.8. The minimum absolute atomic E-state index is 0.0840. The Labute approximate surface area is 152 Å². The Kier molecular flexibility index (Phi) is 5.49. The fourth-order valence-electron chi connectivity index (χ4n) is 2.58. The highest BCUT2D eigenvalue weighted by molar-refractivity contribution is 7.99. The van der Waals surface area contributed by atoms with Gasteiger partial charge in [-0.1, -0.05) is 35.9 Å². The maximum absolute atomic E-state index is 12.8. The second kappa shape index (κ2) is 7.60. The Hall–Kier alpha value is -1.49. The lowest BCUT2D eigenvalue weighted by atomic mass is 10.1. The van der Waals surface area contributed by atoms with Gasteiger partial charge in [0.05, 0.1) is 17.4 Å². The molecule has 0 fully saturated rings. The van der Waals surface area contributed by atoms with E-state index in [-0.39, 0.29) is 11.2 Å². The Balaban J connectivity index is 1.94. The molecule has 2 aromatic carbocycles. The molecule has 0 aliphatic carbocycles. The molecule has 0 spiro atoms. The monoisotopic (exact) mass is 358 g/mol. The molecule has 2 radical (unpaired) electrons. The number of anilines is 1. The standard InChI is InChI=1S/C19H19ClN2OS/c1-21(2)10-11-22-16-8-3-4-9-17(16)24-18(13-19(22)23)14-6-5-7-15(20)12-14/h3-9,12,18H,10-11H2,1-2H3/t18-/m1/s1. The fourth-order valence-corrected chi connectivity index (χ4v) is 3.93. The summed E-state index contributed by atoms with van der Waals surface area (Å²) in [6, 6.07) is 15.7. The molecule has 0 aromatic heterocycles. The molecule has 1 aliphatic heterocycles. The number of thioether (sulfide) groups is 1. The van der Waals surface area contributed by atoms with E-state index < -0.39 is 0 Å². The van der Waals surface area contributed by atoms with Crippen LogP contribution in [0.4, 0.5) is 5.69 Å². The zero-order valence-electron chi connectivity index (χ0n) is 13.7. The average Bonchev–Trinajstić information content (AvgIpc) is 2.69. The molecule has 3 nitrogen and oxygen atoms in total. The molecule has 0 N–H and O–H groups in total. The molecule has 0 bridgehead atoms. The summed E-state index contributed by atoms with van der Waals surface area (Å²) in [5.74, 6) is -0.0840. The van der Waals surface area contributed by atoms with Crippen LogP contribution < -0.4 is 4.90 Å². The first kappa shape index (κ1) is 17.3. The van der Waals surface area contributed by atoms with E-state index in [0.717, 1.165) is 22.7 Å². The fraction of sp³-hybridized carbons (Fsp3) is 0.263. The molecule has 0 saturated carbocycles. The summed E-state index contributed by atoms with van der Waals surface area (Å²) >= 11 is 7.75. The van der Waals surface area contributed by atoms with Crippen LogP contribution in [0.3, 0.4) is 0 Å². The lowest BCUT2D eigenvalue weighted by molar-refractivity contribution is -0.115. The molecule has 3 rings (SSSR count). The quantitative estimate of drug-likeness (QED) is 0.819. The lowest BCUT2D eigenvalue weighted by Crippen LogP contribution is -2.36. The number of rotatable bonds is 4. The number of para-hydroxylation sites is 1. The third kappa shape index (κ3) is 3.94. The number of amides is 1. The summed E-state index contributed by atoms with van der Waals surface area (Å²) in [5, 5.41) is 0.506. The second-order valence-corrected chi connectivity index (χ2v) is 7.51. The van der Waals surface area contributed by atoms with E-state index in [4.69, 9.17) is 11.6 Å². The van der Waals surface area contributed by atoms with E-state index in [0.29, 0.717) is 11.6 Å². The molecule has 0 unspecified atom stereocenters. The average molecular weight is 359 g/mol. The summed E-state index contributed by atoms with van der Waals surface area (Å²) in [6.07, 6.45) is 3.12. The van der Waals surface area contributed by atoms with Gasteiger partial charge in [-0.05, 0) is 43.9 Å². The zero-order chi connectivity index (χ0) is 17.1. The predicted molar refractivity (Wildman–Crippen MR) is 101 cm³/mol. The number of carbonyl (C=O) groups is 1. The van der Waals surface area contributed by atoms with Crippen molar-refractivity contribution in [3.8, 4) is 0 Å². The molecule has 24 heavy (non-hydrogen) atoms. The number of hydrogen-bond acceptors (Lipinski definition) is 3. The van der Waals surface area contributed by atoms with Crippen molar-refractivity contribution in [1.29, 1.82) is 0 Å². The number of carbonyl (C=O) groups excluding carboxylic acids is 1. The van der Waals surface area contributed by atoms with Gasteiger partial charge in [-0.25, -0.2) is 0 Å². The largest absolute Gasteiger partial charge is 0.309 e. The van der Waals surface area contributed by atoms with Crippen LogP contribution >= 0.6 is 23.4 Å². The van der Waals surface area contributed by atoms with Crippen molar-refractivity contribution in [2.24, 2.45) is 0 Å². The van der Waals surface area contributed by atoms with Gasteiger partial charge in [0.2, 0.25) is 5.91 Å². The van der Waals surface area contributed by atoms with Crippen molar-refractivity contribution in [3.05, 3.63) is 65.5 Å². The van der Waals surface area contributed by atoms with Crippen LogP contribution in [-0.2, 0) is 4.79 Å². The Morgan fingerprint density at radius 1 is 1.21 bits per heavy atom. The van der Waals surface area contributed by atoms with Crippen molar-refractivity contribution < 1.29 is 4.79 Å². The van der Waals surface area contributed by atoms with E-state index in [1.807, 2.05) is 61.5 Å². The molecule has 2 aromatic rings. The summed E-state index contributed by atoms with van der Waals surface area (Å²) in [6.45, 7) is 1.44. The highest BCUT2D eigenvalue weighted by Crippen LogP contribution is 2.45. The highest BCUT2D eigenvalue weighted by Gasteiger charge is 2.29. The SMILES string of the molecule is CN(C)CCN1C(=O)[C][C@H](c2cccc(Cl)c2)Sc2ccccc21. The lowest BCUT2D eigenvalue weighted by Gasteiger charge is -2.24. The van der Waals surface area contributed by atoms with E-state index in [1.165, 1.54) is 0 Å². The Morgan fingerprint density at radius 2 is 2.00 bits per heavy atom. The number of hydrogen-bond donors (Lipinski definition) is 0. The van der Waals surface area contributed by atoms with Gasteiger partial charge >= 0.3 is 0 Å². The van der Waals surface area contributed by atoms with Crippen molar-refractivity contribution in [1.82, 2.24) is 4.90 Å². The first-order valence-corrected chi connectivity index (χ1v) is 9.04. The first-order valence-electron chi connectivity index (χ1n) is 7.78. The van der Waals surface area contributed by atoms with E-state index >= 15 is 0 Å². The molecule has 1 heterocycles. The topological polar surface area (TPSA) is 23.6 Å². The van der Waals surface area contributed by atoms with Gasteiger partial charge < -0.3 is 9.80 Å². The zero-order valence-corrected chi connectivity index (χ0v) is 15.3. The Bertz CT molecular complexity index is 735. The summed E-state index contributed by atoms with van der Waals surface area (Å²) in [7, 11) is 4.01. The van der Waals surface area contributed by atoms with E-state index in [1.54, 1.807) is 11.8 Å². The minimum Gasteiger partial charge on any atom is -0.309 e. The van der Waals surface area contributed by atoms with Crippen molar-refractivity contribution >= 4 is 35.0 Å². The van der Waals surface area contributed by atoms with Crippen LogP contribution in [0.15, 0.2) is 53.4 Å². The molecule has 5 heteroatoms. The molecule has 1 amide bonds. The van der Waals surface area contributed by atoms with Crippen molar-refractivity contribution in [3.63, 3.8) is 0 Å². The van der Waals surface area contributed by atoms with Crippen LogP contribution in [0.1, 0.15) is 10.8 Å². The maximum Gasteiger partial charge on any atom is 0.237 e. The Morgan fingerprint density at radius 3 is 2.75 bits per heavy atom. The third-order valence-corrected chi connectivity index (χ3v) is 5.28. The predicted octanol–water partition coefficient (Wildman–Crippen LogP) is 4.16. The van der Waals surface area contributed by atoms with Gasteiger partial charge in [-0.2, -0.15) is 0 Å². The van der Waals surface area contributed by atoms with Crippen LogP contribution in [-0.4, -0.2) is 38.0 Å². The van der Waals surface area contributed by atoms with Gasteiger partial charge in [0.1, 0.15) is 0 Å². The maximum atomic E-state index is 12.8. The molecule has 0 saturated heterocycles. The van der Waals surface area contributed by atoms with Crippen LogP contribution in [0, 0.1) is 6.42 Å². The summed E-state index contributed by atoms with van der Waals surface area (Å²) < 4.78 is 0. The van der Waals surface area contributed by atoms with Gasteiger partial charge in [0.25, 0.3) is 0 Å². The van der Waals surface area contributed by atoms with E-state index in [2.05, 4.69) is 17.4 Å².